The Morgan fingerprint density at radius 1 is 1.40 bits per heavy atom. The number of fused-ring (bicyclic) bond motifs is 2. The standard InChI is InChI=1S/C18H22N2O4S/c1-11-14(12(2)24-19-11)10-20-6-4-18(5-7-20)16-13(3-8-23-18)9-15(25-16)17(21)22/h9H,3-8,10H2,1-2H3,(H,21,22). The molecule has 0 unspecified atom stereocenters. The van der Waals surface area contributed by atoms with E-state index >= 15 is 0 Å². The van der Waals surface area contributed by atoms with Gasteiger partial charge in [-0.1, -0.05) is 5.16 Å². The molecule has 2 aromatic rings. The summed E-state index contributed by atoms with van der Waals surface area (Å²) in [6, 6.07) is 1.84. The lowest BCUT2D eigenvalue weighted by atomic mass is 9.85. The van der Waals surface area contributed by atoms with Crippen molar-refractivity contribution in [1.82, 2.24) is 10.1 Å². The zero-order valence-corrected chi connectivity index (χ0v) is 15.3. The third kappa shape index (κ3) is 2.90. The monoisotopic (exact) mass is 362 g/mol. The van der Waals surface area contributed by atoms with E-state index in [4.69, 9.17) is 9.26 Å². The molecule has 134 valence electrons. The molecule has 0 aliphatic carbocycles. The van der Waals surface area contributed by atoms with Gasteiger partial charge in [-0.15, -0.1) is 11.3 Å². The number of nitrogens with zero attached hydrogens (tertiary/aromatic N) is 2. The first-order chi connectivity index (χ1) is 12.0. The Labute approximate surface area is 150 Å². The van der Waals surface area contributed by atoms with E-state index in [1.165, 1.54) is 16.9 Å². The molecule has 2 aliphatic heterocycles. The van der Waals surface area contributed by atoms with Crippen molar-refractivity contribution in [3.8, 4) is 0 Å². The molecule has 25 heavy (non-hydrogen) atoms. The molecule has 7 heteroatoms. The summed E-state index contributed by atoms with van der Waals surface area (Å²) in [7, 11) is 0. The van der Waals surface area contributed by atoms with Gasteiger partial charge in [-0.25, -0.2) is 4.79 Å². The van der Waals surface area contributed by atoms with Gasteiger partial charge in [0.25, 0.3) is 0 Å². The van der Waals surface area contributed by atoms with E-state index in [1.807, 2.05) is 19.9 Å². The Bertz CT molecular complexity index is 783. The summed E-state index contributed by atoms with van der Waals surface area (Å²) in [6.07, 6.45) is 2.59. The van der Waals surface area contributed by atoms with Crippen LogP contribution in [-0.2, 0) is 23.3 Å². The van der Waals surface area contributed by atoms with Gasteiger partial charge in [-0.05, 0) is 44.7 Å². The SMILES string of the molecule is Cc1noc(C)c1CN1CCC2(CC1)OCCc1cc(C(=O)O)sc12. The zero-order chi connectivity index (χ0) is 17.6. The van der Waals surface area contributed by atoms with Crippen LogP contribution in [0.4, 0.5) is 0 Å². The van der Waals surface area contributed by atoms with E-state index in [9.17, 15) is 9.90 Å². The second kappa shape index (κ2) is 6.23. The van der Waals surface area contributed by atoms with E-state index in [2.05, 4.69) is 10.1 Å². The summed E-state index contributed by atoms with van der Waals surface area (Å²) >= 11 is 1.39. The van der Waals surface area contributed by atoms with Crippen molar-refractivity contribution in [3.63, 3.8) is 0 Å². The lowest BCUT2D eigenvalue weighted by Gasteiger charge is -2.43. The first kappa shape index (κ1) is 16.8. The fraction of sp³-hybridized carbons (Fsp3) is 0.556. The minimum atomic E-state index is -0.842. The van der Waals surface area contributed by atoms with Crippen LogP contribution in [0.15, 0.2) is 10.6 Å². The highest BCUT2D eigenvalue weighted by molar-refractivity contribution is 7.14. The zero-order valence-electron chi connectivity index (χ0n) is 14.5. The number of likely N-dealkylation sites (tertiary alicyclic amines) is 1. The van der Waals surface area contributed by atoms with Crippen molar-refractivity contribution >= 4 is 17.3 Å². The maximum Gasteiger partial charge on any atom is 0.345 e. The van der Waals surface area contributed by atoms with Gasteiger partial charge in [-0.2, -0.15) is 0 Å². The van der Waals surface area contributed by atoms with Crippen molar-refractivity contribution in [3.05, 3.63) is 38.4 Å². The Hall–Kier alpha value is -1.70. The van der Waals surface area contributed by atoms with Gasteiger partial charge in [0.05, 0.1) is 12.3 Å². The van der Waals surface area contributed by atoms with Crippen molar-refractivity contribution < 1.29 is 19.2 Å². The molecule has 0 radical (unpaired) electrons. The summed E-state index contributed by atoms with van der Waals surface area (Å²) in [4.78, 5) is 15.3. The van der Waals surface area contributed by atoms with Crippen LogP contribution >= 0.6 is 11.3 Å². The molecule has 0 bridgehead atoms. The van der Waals surface area contributed by atoms with Crippen LogP contribution in [-0.4, -0.2) is 40.8 Å². The largest absolute Gasteiger partial charge is 0.477 e. The molecule has 1 spiro atoms. The maximum absolute atomic E-state index is 11.3. The molecule has 1 fully saturated rings. The molecule has 0 amide bonds. The van der Waals surface area contributed by atoms with Crippen LogP contribution in [0.2, 0.25) is 0 Å². The first-order valence-electron chi connectivity index (χ1n) is 8.63. The van der Waals surface area contributed by atoms with Crippen LogP contribution in [0, 0.1) is 13.8 Å². The van der Waals surface area contributed by atoms with E-state index in [1.54, 1.807) is 0 Å². The van der Waals surface area contributed by atoms with Gasteiger partial charge in [-0.3, -0.25) is 4.90 Å². The van der Waals surface area contributed by atoms with E-state index in [0.717, 1.165) is 60.8 Å². The molecule has 0 aromatic carbocycles. The molecule has 4 heterocycles. The molecule has 0 saturated carbocycles. The lowest BCUT2D eigenvalue weighted by molar-refractivity contribution is -0.0961. The summed E-state index contributed by atoms with van der Waals surface area (Å²) in [5.74, 6) is 0.0451. The number of aromatic carboxylic acids is 1. The summed E-state index contributed by atoms with van der Waals surface area (Å²) < 4.78 is 11.5. The number of carboxylic acid groups (broad SMARTS) is 1. The van der Waals surface area contributed by atoms with Crippen molar-refractivity contribution in [2.45, 2.75) is 45.3 Å². The van der Waals surface area contributed by atoms with Gasteiger partial charge in [0.1, 0.15) is 16.2 Å². The van der Waals surface area contributed by atoms with Gasteiger partial charge < -0.3 is 14.4 Å². The molecule has 1 saturated heterocycles. The van der Waals surface area contributed by atoms with Crippen LogP contribution in [0.5, 0.6) is 0 Å². The summed E-state index contributed by atoms with van der Waals surface area (Å²) in [6.45, 7) is 7.29. The smallest absolute Gasteiger partial charge is 0.345 e. The van der Waals surface area contributed by atoms with Gasteiger partial charge >= 0.3 is 5.97 Å². The Morgan fingerprint density at radius 2 is 2.16 bits per heavy atom. The Kier molecular flexibility index (Phi) is 4.17. The number of hydrogen-bond acceptors (Lipinski definition) is 6. The van der Waals surface area contributed by atoms with E-state index in [-0.39, 0.29) is 5.60 Å². The van der Waals surface area contributed by atoms with Crippen molar-refractivity contribution in [1.29, 1.82) is 0 Å². The number of ether oxygens (including phenoxy) is 1. The molecule has 4 rings (SSSR count). The van der Waals surface area contributed by atoms with Gasteiger partial charge in [0, 0.05) is 30.1 Å². The quantitative estimate of drug-likeness (QED) is 0.904. The highest BCUT2D eigenvalue weighted by Crippen LogP contribution is 2.45. The molecule has 2 aliphatic rings. The predicted octanol–water partition coefficient (Wildman–Crippen LogP) is 3.12. The number of piperidine rings is 1. The van der Waals surface area contributed by atoms with E-state index in [0.29, 0.717) is 11.5 Å². The topological polar surface area (TPSA) is 75.8 Å². The lowest BCUT2D eigenvalue weighted by Crippen LogP contribution is -2.45. The highest BCUT2D eigenvalue weighted by atomic mass is 32.1. The molecular weight excluding hydrogens is 340 g/mol. The third-order valence-electron chi connectivity index (χ3n) is 5.41. The van der Waals surface area contributed by atoms with Gasteiger partial charge in [0.2, 0.25) is 0 Å². The maximum atomic E-state index is 11.3. The predicted molar refractivity (Wildman–Crippen MR) is 93.1 cm³/mol. The number of aromatic nitrogens is 1. The average Bonchev–Trinajstić information content (AvgIpc) is 3.17. The second-order valence-electron chi connectivity index (χ2n) is 6.94. The first-order valence-corrected chi connectivity index (χ1v) is 9.45. The number of hydrogen-bond donors (Lipinski definition) is 1. The Balaban J connectivity index is 1.51. The van der Waals surface area contributed by atoms with Crippen molar-refractivity contribution in [2.24, 2.45) is 0 Å². The summed E-state index contributed by atoms with van der Waals surface area (Å²) in [5.41, 5.74) is 2.98. The molecule has 1 N–H and O–H groups in total. The van der Waals surface area contributed by atoms with Crippen LogP contribution < -0.4 is 0 Å². The number of carboxylic acids is 1. The van der Waals surface area contributed by atoms with Gasteiger partial charge in [0.15, 0.2) is 0 Å². The molecule has 6 nitrogen and oxygen atoms in total. The van der Waals surface area contributed by atoms with Crippen molar-refractivity contribution in [2.75, 3.05) is 19.7 Å². The number of aryl methyl sites for hydroxylation is 2. The molecular formula is C18H22N2O4S. The second-order valence-corrected chi connectivity index (χ2v) is 7.99. The third-order valence-corrected chi connectivity index (χ3v) is 6.76. The molecule has 2 aromatic heterocycles. The fourth-order valence-electron chi connectivity index (χ4n) is 3.92. The fourth-order valence-corrected chi connectivity index (χ4v) is 5.17. The molecule has 0 atom stereocenters. The van der Waals surface area contributed by atoms with Crippen LogP contribution in [0.25, 0.3) is 0 Å². The summed E-state index contributed by atoms with van der Waals surface area (Å²) in [5, 5.41) is 13.3. The normalized spacial score (nSPS) is 19.9. The Morgan fingerprint density at radius 3 is 2.80 bits per heavy atom. The number of carbonyl (C=O) groups is 1. The van der Waals surface area contributed by atoms with Crippen LogP contribution in [0.3, 0.4) is 0 Å². The highest BCUT2D eigenvalue weighted by Gasteiger charge is 2.42. The minimum Gasteiger partial charge on any atom is -0.477 e. The minimum absolute atomic E-state index is 0.304. The average molecular weight is 362 g/mol. The number of thiophene rings is 1. The number of rotatable bonds is 3. The van der Waals surface area contributed by atoms with Crippen LogP contribution in [0.1, 0.15) is 50.0 Å². The van der Waals surface area contributed by atoms with E-state index < -0.39 is 5.97 Å².